The van der Waals surface area contributed by atoms with Crippen molar-refractivity contribution < 1.29 is 0 Å². The molecule has 2 heterocycles. The first-order valence-electron chi connectivity index (χ1n) is 7.86. The summed E-state index contributed by atoms with van der Waals surface area (Å²) in [5, 5.41) is 8.02. The van der Waals surface area contributed by atoms with Crippen molar-refractivity contribution in [2.45, 2.75) is 32.7 Å². The number of nitrogens with zero attached hydrogens (tertiary/aromatic N) is 3. The summed E-state index contributed by atoms with van der Waals surface area (Å²) in [5.41, 5.74) is 4.98. The summed E-state index contributed by atoms with van der Waals surface area (Å²) in [5.74, 6) is 0. The third-order valence-electron chi connectivity index (χ3n) is 4.13. The van der Waals surface area contributed by atoms with Gasteiger partial charge in [-0.25, -0.2) is 0 Å². The van der Waals surface area contributed by atoms with Gasteiger partial charge in [-0.3, -0.25) is 4.68 Å². The van der Waals surface area contributed by atoms with Crippen molar-refractivity contribution in [2.24, 2.45) is 7.05 Å². The standard InChI is InChI=1S/C17H24N4/c1-3-17-14(13-20(2)19-17)12-18-15-7-6-8-16(11-15)21-9-4-5-10-21/h6-8,11,13,18H,3-5,9-10,12H2,1-2H3. The normalized spacial score (nSPS) is 14.7. The number of aromatic nitrogens is 2. The zero-order chi connectivity index (χ0) is 14.7. The second-order valence-corrected chi connectivity index (χ2v) is 5.73. The molecule has 0 bridgehead atoms. The lowest BCUT2D eigenvalue weighted by molar-refractivity contribution is 0.746. The predicted molar refractivity (Wildman–Crippen MR) is 87.8 cm³/mol. The maximum Gasteiger partial charge on any atom is 0.0671 e. The predicted octanol–water partition coefficient (Wildman–Crippen LogP) is 3.19. The highest BCUT2D eigenvalue weighted by Crippen LogP contribution is 2.23. The Kier molecular flexibility index (Phi) is 4.13. The van der Waals surface area contributed by atoms with Crippen LogP contribution in [-0.2, 0) is 20.0 Å². The molecule has 1 aliphatic rings. The molecule has 1 aromatic heterocycles. The number of hydrogen-bond donors (Lipinski definition) is 1. The maximum atomic E-state index is 4.49. The molecule has 3 rings (SSSR count). The molecule has 2 aromatic rings. The lowest BCUT2D eigenvalue weighted by Crippen LogP contribution is -2.17. The Bertz CT molecular complexity index is 597. The van der Waals surface area contributed by atoms with Gasteiger partial charge in [-0.2, -0.15) is 5.10 Å². The zero-order valence-electron chi connectivity index (χ0n) is 13.0. The smallest absolute Gasteiger partial charge is 0.0671 e. The van der Waals surface area contributed by atoms with Crippen LogP contribution in [0.2, 0.25) is 0 Å². The van der Waals surface area contributed by atoms with Crippen LogP contribution in [0.1, 0.15) is 31.0 Å². The van der Waals surface area contributed by atoms with Crippen LogP contribution >= 0.6 is 0 Å². The van der Waals surface area contributed by atoms with Crippen molar-refractivity contribution in [1.29, 1.82) is 0 Å². The van der Waals surface area contributed by atoms with Crippen LogP contribution in [0.25, 0.3) is 0 Å². The molecular formula is C17H24N4. The number of aryl methyl sites for hydroxylation is 2. The molecule has 1 fully saturated rings. The van der Waals surface area contributed by atoms with E-state index in [9.17, 15) is 0 Å². The molecule has 112 valence electrons. The van der Waals surface area contributed by atoms with Crippen LogP contribution < -0.4 is 10.2 Å². The minimum Gasteiger partial charge on any atom is -0.381 e. The molecule has 0 saturated carbocycles. The molecule has 0 unspecified atom stereocenters. The lowest BCUT2D eigenvalue weighted by Gasteiger charge is -2.18. The highest BCUT2D eigenvalue weighted by molar-refractivity contribution is 5.58. The summed E-state index contributed by atoms with van der Waals surface area (Å²) >= 11 is 0. The fraction of sp³-hybridized carbons (Fsp3) is 0.471. The molecular weight excluding hydrogens is 260 g/mol. The van der Waals surface area contributed by atoms with Crippen molar-refractivity contribution >= 4 is 11.4 Å². The Morgan fingerprint density at radius 1 is 1.24 bits per heavy atom. The minimum absolute atomic E-state index is 0.834. The fourth-order valence-corrected chi connectivity index (χ4v) is 3.01. The van der Waals surface area contributed by atoms with Gasteiger partial charge in [0.1, 0.15) is 0 Å². The van der Waals surface area contributed by atoms with Gasteiger partial charge in [0.2, 0.25) is 0 Å². The van der Waals surface area contributed by atoms with E-state index in [1.165, 1.54) is 48.6 Å². The van der Waals surface area contributed by atoms with Gasteiger partial charge in [-0.05, 0) is 37.5 Å². The Hall–Kier alpha value is -1.97. The second kappa shape index (κ2) is 6.20. The first-order valence-corrected chi connectivity index (χ1v) is 7.86. The molecule has 1 N–H and O–H groups in total. The number of rotatable bonds is 5. The topological polar surface area (TPSA) is 33.1 Å². The van der Waals surface area contributed by atoms with Gasteiger partial charge in [0.15, 0.2) is 0 Å². The van der Waals surface area contributed by atoms with E-state index in [1.807, 2.05) is 11.7 Å². The van der Waals surface area contributed by atoms with Gasteiger partial charge in [0.05, 0.1) is 5.69 Å². The largest absolute Gasteiger partial charge is 0.381 e. The van der Waals surface area contributed by atoms with Crippen LogP contribution in [0.5, 0.6) is 0 Å². The van der Waals surface area contributed by atoms with E-state index in [2.05, 4.69) is 52.7 Å². The second-order valence-electron chi connectivity index (χ2n) is 5.73. The Balaban J connectivity index is 1.68. The zero-order valence-corrected chi connectivity index (χ0v) is 13.0. The van der Waals surface area contributed by atoms with Crippen LogP contribution in [0.3, 0.4) is 0 Å². The van der Waals surface area contributed by atoms with E-state index in [0.29, 0.717) is 0 Å². The van der Waals surface area contributed by atoms with E-state index < -0.39 is 0 Å². The van der Waals surface area contributed by atoms with Crippen molar-refractivity contribution in [1.82, 2.24) is 9.78 Å². The van der Waals surface area contributed by atoms with Crippen LogP contribution in [0, 0.1) is 0 Å². The number of nitrogens with one attached hydrogen (secondary N) is 1. The van der Waals surface area contributed by atoms with E-state index in [-0.39, 0.29) is 0 Å². The first-order chi connectivity index (χ1) is 10.3. The van der Waals surface area contributed by atoms with Crippen molar-refractivity contribution in [2.75, 3.05) is 23.3 Å². The van der Waals surface area contributed by atoms with E-state index in [1.54, 1.807) is 0 Å². The summed E-state index contributed by atoms with van der Waals surface area (Å²) in [6.45, 7) is 5.36. The molecule has 21 heavy (non-hydrogen) atoms. The number of hydrogen-bond acceptors (Lipinski definition) is 3. The Morgan fingerprint density at radius 3 is 2.81 bits per heavy atom. The molecule has 0 atom stereocenters. The SMILES string of the molecule is CCc1nn(C)cc1CNc1cccc(N2CCCC2)c1. The average molecular weight is 284 g/mol. The monoisotopic (exact) mass is 284 g/mol. The summed E-state index contributed by atoms with van der Waals surface area (Å²) in [4.78, 5) is 2.47. The van der Waals surface area contributed by atoms with Crippen molar-refractivity contribution in [3.05, 3.63) is 41.7 Å². The molecule has 0 spiro atoms. The highest BCUT2D eigenvalue weighted by Gasteiger charge is 2.12. The van der Waals surface area contributed by atoms with Gasteiger partial charge in [-0.15, -0.1) is 0 Å². The van der Waals surface area contributed by atoms with Crippen molar-refractivity contribution in [3.8, 4) is 0 Å². The Morgan fingerprint density at radius 2 is 2.05 bits per heavy atom. The van der Waals surface area contributed by atoms with E-state index in [0.717, 1.165) is 13.0 Å². The average Bonchev–Trinajstić information content (AvgIpc) is 3.14. The summed E-state index contributed by atoms with van der Waals surface area (Å²) in [7, 11) is 1.98. The molecule has 4 heteroatoms. The highest BCUT2D eigenvalue weighted by atomic mass is 15.3. The van der Waals surface area contributed by atoms with Gasteiger partial charge >= 0.3 is 0 Å². The molecule has 1 saturated heterocycles. The molecule has 0 radical (unpaired) electrons. The van der Waals surface area contributed by atoms with Gasteiger partial charge in [-0.1, -0.05) is 13.0 Å². The van der Waals surface area contributed by atoms with Crippen LogP contribution in [0.4, 0.5) is 11.4 Å². The summed E-state index contributed by atoms with van der Waals surface area (Å²) in [6.07, 6.45) is 5.71. The molecule has 1 aliphatic heterocycles. The summed E-state index contributed by atoms with van der Waals surface area (Å²) in [6, 6.07) is 8.74. The quantitative estimate of drug-likeness (QED) is 0.915. The molecule has 1 aromatic carbocycles. The minimum atomic E-state index is 0.834. The number of benzene rings is 1. The Labute approximate surface area is 126 Å². The van der Waals surface area contributed by atoms with Gasteiger partial charge < -0.3 is 10.2 Å². The van der Waals surface area contributed by atoms with E-state index >= 15 is 0 Å². The van der Waals surface area contributed by atoms with Crippen LogP contribution in [0.15, 0.2) is 30.5 Å². The third kappa shape index (κ3) is 3.20. The molecule has 0 amide bonds. The third-order valence-corrected chi connectivity index (χ3v) is 4.13. The molecule has 0 aliphatic carbocycles. The maximum absolute atomic E-state index is 4.49. The fourth-order valence-electron chi connectivity index (χ4n) is 3.01. The first kappa shape index (κ1) is 14.0. The lowest BCUT2D eigenvalue weighted by atomic mass is 10.2. The number of anilines is 2. The summed E-state index contributed by atoms with van der Waals surface area (Å²) < 4.78 is 1.90. The van der Waals surface area contributed by atoms with Crippen molar-refractivity contribution in [3.63, 3.8) is 0 Å². The van der Waals surface area contributed by atoms with Crippen LogP contribution in [-0.4, -0.2) is 22.9 Å². The van der Waals surface area contributed by atoms with E-state index in [4.69, 9.17) is 0 Å². The molecule has 4 nitrogen and oxygen atoms in total. The van der Waals surface area contributed by atoms with Gasteiger partial charge in [0, 0.05) is 49.8 Å². The van der Waals surface area contributed by atoms with Gasteiger partial charge in [0.25, 0.3) is 0 Å².